The van der Waals surface area contributed by atoms with Gasteiger partial charge in [-0.25, -0.2) is 9.78 Å². The van der Waals surface area contributed by atoms with Crippen molar-refractivity contribution < 1.29 is 28.6 Å². The van der Waals surface area contributed by atoms with Gasteiger partial charge in [0.2, 0.25) is 0 Å². The van der Waals surface area contributed by atoms with Gasteiger partial charge in [0.05, 0.1) is 28.2 Å². The molecule has 42 heavy (non-hydrogen) atoms. The van der Waals surface area contributed by atoms with Crippen molar-refractivity contribution in [2.24, 2.45) is 7.05 Å². The summed E-state index contributed by atoms with van der Waals surface area (Å²) in [5.74, 6) is 1.56. The number of carbonyl (C=O) groups is 2. The Morgan fingerprint density at radius 3 is 2.38 bits per heavy atom. The summed E-state index contributed by atoms with van der Waals surface area (Å²) in [5, 5.41) is 9.65. The minimum absolute atomic E-state index is 0.247. The molecule has 0 radical (unpaired) electrons. The number of likely N-dealkylation sites (N-methyl/N-ethyl adjacent to an activating group) is 1. The smallest absolute Gasteiger partial charge is 0.335 e. The number of halogens is 1. The third kappa shape index (κ3) is 8.65. The summed E-state index contributed by atoms with van der Waals surface area (Å²) in [6, 6.07) is 13.9. The second-order valence-electron chi connectivity index (χ2n) is 10.3. The van der Waals surface area contributed by atoms with Crippen molar-refractivity contribution in [3.8, 4) is 5.75 Å². The predicted molar refractivity (Wildman–Crippen MR) is 160 cm³/mol. The average molecular weight is 597 g/mol. The molecule has 11 heteroatoms. The van der Waals surface area contributed by atoms with Crippen LogP contribution in [0.5, 0.6) is 5.75 Å². The molecule has 2 fully saturated rings. The van der Waals surface area contributed by atoms with E-state index in [4.69, 9.17) is 30.6 Å². The molecule has 2 aromatic carbocycles. The zero-order chi connectivity index (χ0) is 30.1. The third-order valence-corrected chi connectivity index (χ3v) is 7.31. The van der Waals surface area contributed by atoms with Crippen molar-refractivity contribution in [3.05, 3.63) is 82.0 Å². The van der Waals surface area contributed by atoms with Crippen LogP contribution >= 0.6 is 11.6 Å². The number of carboxylic acids is 1. The molecule has 0 atom stereocenters. The van der Waals surface area contributed by atoms with Crippen molar-refractivity contribution in [1.29, 1.82) is 0 Å². The number of carbonyl (C=O) groups excluding carboxylic acids is 1. The second kappa shape index (κ2) is 15.0. The van der Waals surface area contributed by atoms with Gasteiger partial charge in [0.1, 0.15) is 23.9 Å². The summed E-state index contributed by atoms with van der Waals surface area (Å²) in [7, 11) is 4.09. The van der Waals surface area contributed by atoms with Gasteiger partial charge in [-0.1, -0.05) is 17.7 Å². The number of imidazole rings is 1. The van der Waals surface area contributed by atoms with Crippen LogP contribution in [0.25, 0.3) is 11.0 Å². The highest BCUT2D eigenvalue weighted by atomic mass is 35.5. The van der Waals surface area contributed by atoms with E-state index in [1.165, 1.54) is 6.42 Å². The average Bonchev–Trinajstić information content (AvgIpc) is 3.52. The number of carboxylic acid groups (broad SMARTS) is 1. The normalized spacial score (nSPS) is 15.1. The number of aldehydes is 1. The van der Waals surface area contributed by atoms with E-state index in [0.29, 0.717) is 34.1 Å². The summed E-state index contributed by atoms with van der Waals surface area (Å²) < 4.78 is 17.4. The second-order valence-corrected chi connectivity index (χ2v) is 10.7. The predicted octanol–water partition coefficient (Wildman–Crippen LogP) is 5.06. The van der Waals surface area contributed by atoms with Crippen LogP contribution in [0.4, 0.5) is 0 Å². The molecule has 0 amide bonds. The number of aromatic carboxylic acids is 1. The lowest BCUT2D eigenvalue weighted by Gasteiger charge is -2.31. The number of fused-ring (bicyclic) bond motifs is 1. The lowest BCUT2D eigenvalue weighted by molar-refractivity contribution is 0.0367. The highest BCUT2D eigenvalue weighted by Crippen LogP contribution is 2.26. The molecule has 2 aliphatic heterocycles. The fourth-order valence-corrected chi connectivity index (χ4v) is 4.56. The van der Waals surface area contributed by atoms with Gasteiger partial charge in [0.25, 0.3) is 0 Å². The number of aryl methyl sites for hydroxylation is 2. The number of rotatable bonds is 7. The SMILES string of the molecule is C1COC1.CN1CCN(Cc2nc3ccc(C(=O)O)cc3n2C)CC1.Cc1ccc(OCc2ccc(C=O)o2)c(Cl)c1. The lowest BCUT2D eigenvalue weighted by atomic mass is 10.2. The van der Waals surface area contributed by atoms with Crippen LogP contribution in [-0.2, 0) is 24.9 Å². The van der Waals surface area contributed by atoms with E-state index in [0.717, 1.165) is 68.4 Å². The van der Waals surface area contributed by atoms with Crippen molar-refractivity contribution in [1.82, 2.24) is 19.4 Å². The maximum Gasteiger partial charge on any atom is 0.335 e. The summed E-state index contributed by atoms with van der Waals surface area (Å²) in [4.78, 5) is 30.9. The summed E-state index contributed by atoms with van der Waals surface area (Å²) >= 11 is 6.02. The van der Waals surface area contributed by atoms with Crippen LogP contribution in [0.2, 0.25) is 5.02 Å². The van der Waals surface area contributed by atoms with E-state index in [1.54, 1.807) is 36.4 Å². The Hall–Kier alpha value is -3.70. The Balaban J connectivity index is 0.000000173. The lowest BCUT2D eigenvalue weighted by Crippen LogP contribution is -2.44. The van der Waals surface area contributed by atoms with Gasteiger partial charge in [-0.3, -0.25) is 9.69 Å². The number of piperazine rings is 1. The maximum atomic E-state index is 11.1. The van der Waals surface area contributed by atoms with Gasteiger partial charge in [-0.05, 0) is 68.4 Å². The van der Waals surface area contributed by atoms with Crippen molar-refractivity contribution in [3.63, 3.8) is 0 Å². The fourth-order valence-electron chi connectivity index (χ4n) is 4.27. The van der Waals surface area contributed by atoms with E-state index in [2.05, 4.69) is 21.8 Å². The monoisotopic (exact) mass is 596 g/mol. The van der Waals surface area contributed by atoms with Crippen LogP contribution in [0.15, 0.2) is 52.9 Å². The molecular weight excluding hydrogens is 560 g/mol. The van der Waals surface area contributed by atoms with Crippen LogP contribution in [0, 0.1) is 6.92 Å². The molecule has 4 aromatic rings. The van der Waals surface area contributed by atoms with Crippen LogP contribution in [0.1, 0.15) is 44.5 Å². The van der Waals surface area contributed by atoms with Crippen LogP contribution in [-0.4, -0.2) is 83.2 Å². The van der Waals surface area contributed by atoms with E-state index >= 15 is 0 Å². The molecule has 6 rings (SSSR count). The number of nitrogens with zero attached hydrogens (tertiary/aromatic N) is 4. The first-order valence-corrected chi connectivity index (χ1v) is 14.2. The minimum Gasteiger partial charge on any atom is -0.484 e. The van der Waals surface area contributed by atoms with Crippen LogP contribution < -0.4 is 4.74 Å². The van der Waals surface area contributed by atoms with Gasteiger partial charge in [0.15, 0.2) is 12.0 Å². The summed E-state index contributed by atoms with van der Waals surface area (Å²) in [6.45, 7) is 9.25. The molecular formula is C31H37ClN4O6. The quantitative estimate of drug-likeness (QED) is 0.293. The van der Waals surface area contributed by atoms with E-state index in [9.17, 15) is 9.59 Å². The molecule has 4 heterocycles. The van der Waals surface area contributed by atoms with Gasteiger partial charge >= 0.3 is 5.97 Å². The van der Waals surface area contributed by atoms with Crippen LogP contribution in [0.3, 0.4) is 0 Å². The van der Waals surface area contributed by atoms with Crippen molar-refractivity contribution >= 4 is 34.9 Å². The first-order chi connectivity index (χ1) is 20.2. The van der Waals surface area contributed by atoms with E-state index in [-0.39, 0.29) is 6.61 Å². The minimum atomic E-state index is -0.904. The number of hydrogen-bond acceptors (Lipinski definition) is 8. The molecule has 2 saturated heterocycles. The zero-order valence-corrected chi connectivity index (χ0v) is 25.0. The molecule has 10 nitrogen and oxygen atoms in total. The highest BCUT2D eigenvalue weighted by Gasteiger charge is 2.17. The number of furan rings is 1. The molecule has 1 N–H and O–H groups in total. The Bertz CT molecular complexity index is 1480. The van der Waals surface area contributed by atoms with E-state index in [1.807, 2.05) is 30.7 Å². The number of hydrogen-bond donors (Lipinski definition) is 1. The van der Waals surface area contributed by atoms with Gasteiger partial charge in [0, 0.05) is 46.4 Å². The molecule has 2 aliphatic rings. The highest BCUT2D eigenvalue weighted by molar-refractivity contribution is 6.32. The Labute approximate surface area is 250 Å². The Morgan fingerprint density at radius 2 is 1.79 bits per heavy atom. The first kappa shape index (κ1) is 31.2. The van der Waals surface area contributed by atoms with Gasteiger partial charge in [-0.15, -0.1) is 0 Å². The molecule has 0 bridgehead atoms. The maximum absolute atomic E-state index is 11.1. The molecule has 0 aliphatic carbocycles. The topological polar surface area (TPSA) is 110 Å². The number of benzene rings is 2. The van der Waals surface area contributed by atoms with Gasteiger partial charge in [-0.2, -0.15) is 0 Å². The zero-order valence-electron chi connectivity index (χ0n) is 24.2. The molecule has 224 valence electrons. The van der Waals surface area contributed by atoms with E-state index < -0.39 is 5.97 Å². The van der Waals surface area contributed by atoms with Gasteiger partial charge < -0.3 is 28.5 Å². The molecule has 0 saturated carbocycles. The number of ether oxygens (including phenoxy) is 2. The standard InChI is InChI=1S/C15H20N4O2.C13H11ClO3.C3H6O/c1-17-5-7-19(8-6-17)10-14-16-12-4-3-11(15(20)21)9-13(12)18(14)2;1-9-2-5-13(12(14)6-9)16-8-11-4-3-10(7-15)17-11;1-2-4-3-1/h3-4,9H,5-8,10H2,1-2H3,(H,20,21);2-7H,8H2,1H3;1-3H2. The molecule has 0 spiro atoms. The van der Waals surface area contributed by atoms with Crippen molar-refractivity contribution in [2.45, 2.75) is 26.5 Å². The largest absolute Gasteiger partial charge is 0.484 e. The fraction of sp³-hybridized carbons (Fsp3) is 0.387. The summed E-state index contributed by atoms with van der Waals surface area (Å²) in [5.41, 5.74) is 3.10. The van der Waals surface area contributed by atoms with Crippen molar-refractivity contribution in [2.75, 3.05) is 46.4 Å². The Kier molecular flexibility index (Phi) is 11.1. The Morgan fingerprint density at radius 1 is 1.07 bits per heavy atom. The third-order valence-electron chi connectivity index (χ3n) is 7.01. The molecule has 2 aromatic heterocycles. The molecule has 0 unspecified atom stereocenters. The summed E-state index contributed by atoms with van der Waals surface area (Å²) in [6.07, 6.45) is 1.93. The first-order valence-electron chi connectivity index (χ1n) is 13.8. The number of aromatic nitrogens is 2.